The predicted octanol–water partition coefficient (Wildman–Crippen LogP) is 3.67. The van der Waals surface area contributed by atoms with Gasteiger partial charge in [-0.3, -0.25) is 4.79 Å². The lowest BCUT2D eigenvalue weighted by molar-refractivity contribution is 0.0948. The third kappa shape index (κ3) is 3.60. The number of nitrogens with zero attached hydrogens (tertiary/aromatic N) is 3. The molecule has 0 atom stereocenters. The van der Waals surface area contributed by atoms with E-state index in [2.05, 4.69) is 16.5 Å². The third-order valence-electron chi connectivity index (χ3n) is 5.51. The van der Waals surface area contributed by atoms with Gasteiger partial charge in [-0.05, 0) is 37.0 Å². The van der Waals surface area contributed by atoms with E-state index in [9.17, 15) is 10.1 Å². The van der Waals surface area contributed by atoms with Gasteiger partial charge in [0.15, 0.2) is 0 Å². The highest BCUT2D eigenvalue weighted by Gasteiger charge is 2.26. The van der Waals surface area contributed by atoms with E-state index in [1.807, 2.05) is 30.3 Å². The minimum Gasteiger partial charge on any atom is -0.496 e. The average Bonchev–Trinajstić information content (AvgIpc) is 3.07. The quantitative estimate of drug-likeness (QED) is 0.655. The molecule has 2 aromatic carbocycles. The summed E-state index contributed by atoms with van der Waals surface area (Å²) >= 11 is 0. The van der Waals surface area contributed by atoms with Crippen LogP contribution in [-0.2, 0) is 6.54 Å². The van der Waals surface area contributed by atoms with Gasteiger partial charge in [-0.2, -0.15) is 10.4 Å². The van der Waals surface area contributed by atoms with Gasteiger partial charge in [-0.15, -0.1) is 0 Å². The van der Waals surface area contributed by atoms with Crippen molar-refractivity contribution in [1.82, 2.24) is 15.1 Å². The van der Waals surface area contributed by atoms with Crippen molar-refractivity contribution in [2.45, 2.75) is 31.8 Å². The van der Waals surface area contributed by atoms with Crippen molar-refractivity contribution in [2.24, 2.45) is 0 Å². The zero-order valence-electron chi connectivity index (χ0n) is 16.8. The first kappa shape index (κ1) is 19.5. The van der Waals surface area contributed by atoms with Gasteiger partial charge in [-0.25, -0.2) is 4.68 Å². The molecule has 1 aliphatic rings. The SMILES string of the molecule is COc1ccccc1C(=O)NCc1ccc(-c2nn(C3CCC3)c(N)c2C#N)cc1. The molecule has 1 aliphatic carbocycles. The minimum atomic E-state index is -0.199. The number of aromatic nitrogens is 2. The third-order valence-corrected chi connectivity index (χ3v) is 5.51. The summed E-state index contributed by atoms with van der Waals surface area (Å²) in [4.78, 5) is 12.5. The number of rotatable bonds is 6. The second-order valence-corrected chi connectivity index (χ2v) is 7.33. The Balaban J connectivity index is 1.48. The number of para-hydroxylation sites is 1. The molecule has 152 valence electrons. The summed E-state index contributed by atoms with van der Waals surface area (Å²) in [5.41, 5.74) is 9.45. The molecule has 1 aromatic heterocycles. The summed E-state index contributed by atoms with van der Waals surface area (Å²) in [6.45, 7) is 0.376. The Labute approximate surface area is 175 Å². The van der Waals surface area contributed by atoms with Crippen LogP contribution < -0.4 is 15.8 Å². The number of nitrogens with one attached hydrogen (secondary N) is 1. The zero-order valence-corrected chi connectivity index (χ0v) is 16.8. The van der Waals surface area contributed by atoms with Gasteiger partial charge in [0.25, 0.3) is 5.91 Å². The second kappa shape index (κ2) is 8.29. The molecule has 4 rings (SSSR count). The highest BCUT2D eigenvalue weighted by atomic mass is 16.5. The van der Waals surface area contributed by atoms with Crippen molar-refractivity contribution in [1.29, 1.82) is 5.26 Å². The van der Waals surface area contributed by atoms with E-state index in [1.165, 1.54) is 0 Å². The molecule has 0 radical (unpaired) electrons. The van der Waals surface area contributed by atoms with Crippen LogP contribution in [0.2, 0.25) is 0 Å². The van der Waals surface area contributed by atoms with E-state index >= 15 is 0 Å². The van der Waals surface area contributed by atoms with E-state index in [1.54, 1.807) is 30.0 Å². The van der Waals surface area contributed by atoms with Crippen LogP contribution in [0.4, 0.5) is 5.82 Å². The number of carbonyl (C=O) groups excluding carboxylic acids is 1. The van der Waals surface area contributed by atoms with Crippen LogP contribution in [-0.4, -0.2) is 22.8 Å². The van der Waals surface area contributed by atoms with Crippen LogP contribution in [0.3, 0.4) is 0 Å². The largest absolute Gasteiger partial charge is 0.496 e. The van der Waals surface area contributed by atoms with Crippen molar-refractivity contribution < 1.29 is 9.53 Å². The lowest BCUT2D eigenvalue weighted by Crippen LogP contribution is -2.23. The first-order valence-electron chi connectivity index (χ1n) is 9.91. The molecule has 1 heterocycles. The Kier molecular flexibility index (Phi) is 5.40. The van der Waals surface area contributed by atoms with E-state index < -0.39 is 0 Å². The standard InChI is InChI=1S/C23H23N5O2/c1-30-20-8-3-2-7-18(20)23(29)26-14-15-9-11-16(12-10-15)21-19(13-24)22(25)28(27-21)17-5-4-6-17/h2-3,7-12,17H,4-6,14,25H2,1H3,(H,26,29). The van der Waals surface area contributed by atoms with Gasteiger partial charge >= 0.3 is 0 Å². The van der Waals surface area contributed by atoms with Crippen LogP contribution in [0.5, 0.6) is 5.75 Å². The molecule has 1 fully saturated rings. The highest BCUT2D eigenvalue weighted by Crippen LogP contribution is 2.36. The van der Waals surface area contributed by atoms with Gasteiger partial charge in [0, 0.05) is 12.1 Å². The Hall–Kier alpha value is -3.79. The number of nitriles is 1. The Bertz CT molecular complexity index is 1110. The topological polar surface area (TPSA) is 106 Å². The number of anilines is 1. The Morgan fingerprint density at radius 1 is 1.27 bits per heavy atom. The number of nitrogen functional groups attached to an aromatic ring is 1. The Morgan fingerprint density at radius 3 is 2.63 bits per heavy atom. The number of amides is 1. The lowest BCUT2D eigenvalue weighted by Gasteiger charge is -2.26. The van der Waals surface area contributed by atoms with Crippen LogP contribution >= 0.6 is 0 Å². The fourth-order valence-corrected chi connectivity index (χ4v) is 3.56. The van der Waals surface area contributed by atoms with Crippen LogP contribution in [0.25, 0.3) is 11.3 Å². The van der Waals surface area contributed by atoms with Crippen molar-refractivity contribution in [3.05, 3.63) is 65.2 Å². The van der Waals surface area contributed by atoms with Gasteiger partial charge < -0.3 is 15.8 Å². The monoisotopic (exact) mass is 401 g/mol. The van der Waals surface area contributed by atoms with Crippen molar-refractivity contribution in [3.63, 3.8) is 0 Å². The maximum atomic E-state index is 12.5. The summed E-state index contributed by atoms with van der Waals surface area (Å²) < 4.78 is 7.03. The molecule has 30 heavy (non-hydrogen) atoms. The lowest BCUT2D eigenvalue weighted by atomic mass is 9.93. The average molecular weight is 401 g/mol. The molecule has 1 amide bonds. The number of nitrogens with two attached hydrogens (primary N) is 1. The van der Waals surface area contributed by atoms with Gasteiger partial charge in [0.05, 0.1) is 18.7 Å². The molecule has 0 aliphatic heterocycles. The summed E-state index contributed by atoms with van der Waals surface area (Å²) in [5.74, 6) is 0.773. The van der Waals surface area contributed by atoms with E-state index in [-0.39, 0.29) is 11.9 Å². The molecule has 0 bridgehead atoms. The van der Waals surface area contributed by atoms with E-state index in [0.717, 1.165) is 30.4 Å². The molecule has 0 saturated heterocycles. The summed E-state index contributed by atoms with van der Waals surface area (Å²) in [7, 11) is 1.54. The molecule has 0 unspecified atom stereocenters. The molecule has 3 aromatic rings. The summed E-state index contributed by atoms with van der Waals surface area (Å²) in [6.07, 6.45) is 3.25. The first-order valence-corrected chi connectivity index (χ1v) is 9.91. The smallest absolute Gasteiger partial charge is 0.255 e. The van der Waals surface area contributed by atoms with Gasteiger partial charge in [0.1, 0.15) is 28.9 Å². The van der Waals surface area contributed by atoms with Gasteiger partial charge in [-0.1, -0.05) is 36.4 Å². The number of hydrogen-bond donors (Lipinski definition) is 2. The number of benzene rings is 2. The molecule has 0 spiro atoms. The van der Waals surface area contributed by atoms with Crippen molar-refractivity contribution in [3.8, 4) is 23.1 Å². The molecule has 7 heteroatoms. The summed E-state index contributed by atoms with van der Waals surface area (Å²) in [6, 6.07) is 17.2. The molecule has 7 nitrogen and oxygen atoms in total. The van der Waals surface area contributed by atoms with Crippen molar-refractivity contribution in [2.75, 3.05) is 12.8 Å². The molecular weight excluding hydrogens is 378 g/mol. The van der Waals surface area contributed by atoms with Crippen LogP contribution in [0, 0.1) is 11.3 Å². The number of carbonyl (C=O) groups is 1. The number of ether oxygens (including phenoxy) is 1. The minimum absolute atomic E-state index is 0.199. The molecular formula is C23H23N5O2. The van der Waals surface area contributed by atoms with E-state index in [0.29, 0.717) is 34.9 Å². The van der Waals surface area contributed by atoms with Crippen molar-refractivity contribution >= 4 is 11.7 Å². The Morgan fingerprint density at radius 2 is 2.00 bits per heavy atom. The maximum absolute atomic E-state index is 12.5. The van der Waals surface area contributed by atoms with Crippen LogP contribution in [0.1, 0.15) is 46.8 Å². The van der Waals surface area contributed by atoms with Crippen LogP contribution in [0.15, 0.2) is 48.5 Å². The number of hydrogen-bond acceptors (Lipinski definition) is 5. The fraction of sp³-hybridized carbons (Fsp3) is 0.261. The number of methoxy groups -OCH3 is 1. The van der Waals surface area contributed by atoms with E-state index in [4.69, 9.17) is 10.5 Å². The maximum Gasteiger partial charge on any atom is 0.255 e. The molecule has 3 N–H and O–H groups in total. The molecule has 1 saturated carbocycles. The first-order chi connectivity index (χ1) is 14.6. The second-order valence-electron chi connectivity index (χ2n) is 7.33. The normalized spacial score (nSPS) is 13.3. The zero-order chi connectivity index (χ0) is 21.1. The van der Waals surface area contributed by atoms with Gasteiger partial charge in [0.2, 0.25) is 0 Å². The summed E-state index contributed by atoms with van der Waals surface area (Å²) in [5, 5.41) is 17.1. The fourth-order valence-electron chi connectivity index (χ4n) is 3.56. The highest BCUT2D eigenvalue weighted by molar-refractivity contribution is 5.96. The predicted molar refractivity (Wildman–Crippen MR) is 114 cm³/mol.